The molecule has 3 N–H and O–H groups in total. The molecule has 2 atom stereocenters. The second kappa shape index (κ2) is 7.37. The lowest BCUT2D eigenvalue weighted by Crippen LogP contribution is -2.38. The molecule has 108 valence electrons. The summed E-state index contributed by atoms with van der Waals surface area (Å²) in [5.74, 6) is 0.613. The lowest BCUT2D eigenvalue weighted by Gasteiger charge is -2.22. The number of nitrogens with zero attached hydrogens (tertiary/aromatic N) is 1. The molecule has 0 aliphatic heterocycles. The lowest BCUT2D eigenvalue weighted by molar-refractivity contribution is 0.143. The van der Waals surface area contributed by atoms with Crippen molar-refractivity contribution in [3.8, 4) is 0 Å². The van der Waals surface area contributed by atoms with Gasteiger partial charge in [-0.3, -0.25) is 4.79 Å². The Balaban J connectivity index is 2.87. The third-order valence-electron chi connectivity index (χ3n) is 3.03. The monoisotopic (exact) mass is 269 g/mol. The first-order chi connectivity index (χ1) is 8.99. The van der Waals surface area contributed by atoms with E-state index >= 15 is 0 Å². The van der Waals surface area contributed by atoms with Crippen LogP contribution >= 0.6 is 0 Å². The molecule has 0 saturated carbocycles. The van der Waals surface area contributed by atoms with Crippen LogP contribution in [0.4, 0.5) is 0 Å². The van der Waals surface area contributed by atoms with E-state index in [0.717, 1.165) is 5.69 Å². The van der Waals surface area contributed by atoms with Crippen molar-refractivity contribution in [1.29, 1.82) is 0 Å². The van der Waals surface area contributed by atoms with E-state index in [9.17, 15) is 4.79 Å². The van der Waals surface area contributed by atoms with E-state index in [1.165, 1.54) is 0 Å². The number of nitrogens with one attached hydrogen (secondary N) is 2. The van der Waals surface area contributed by atoms with Crippen LogP contribution < -0.4 is 10.9 Å². The van der Waals surface area contributed by atoms with Crippen LogP contribution in [-0.2, 0) is 4.74 Å². The normalized spacial score (nSPS) is 14.4. The van der Waals surface area contributed by atoms with Gasteiger partial charge in [0.05, 0.1) is 12.2 Å². The minimum Gasteiger partial charge on any atom is -0.396 e. The molecule has 0 spiro atoms. The standard InChI is InChI=1S/C13H23N3O3/c1-8-12(13(18)16-10(3)14-8)9(2)15-11(5-6-17)7-19-4/h9,11,15,17H,5-7H2,1-4H3,(H,14,16,18). The van der Waals surface area contributed by atoms with Crippen molar-refractivity contribution < 1.29 is 9.84 Å². The maximum atomic E-state index is 12.0. The number of ether oxygens (including phenoxy) is 1. The van der Waals surface area contributed by atoms with Gasteiger partial charge in [0.1, 0.15) is 5.82 Å². The zero-order valence-corrected chi connectivity index (χ0v) is 12.0. The number of aliphatic hydroxyl groups excluding tert-OH is 1. The van der Waals surface area contributed by atoms with Crippen LogP contribution in [0.5, 0.6) is 0 Å². The molecular formula is C13H23N3O3. The number of methoxy groups -OCH3 is 1. The lowest BCUT2D eigenvalue weighted by atomic mass is 10.1. The molecule has 6 nitrogen and oxygen atoms in total. The number of aromatic amines is 1. The van der Waals surface area contributed by atoms with Crippen LogP contribution in [0.3, 0.4) is 0 Å². The van der Waals surface area contributed by atoms with Gasteiger partial charge in [-0.25, -0.2) is 4.98 Å². The summed E-state index contributed by atoms with van der Waals surface area (Å²) >= 11 is 0. The Hall–Kier alpha value is -1.24. The second-order valence-electron chi connectivity index (χ2n) is 4.70. The molecule has 1 rings (SSSR count). The zero-order valence-electron chi connectivity index (χ0n) is 12.0. The van der Waals surface area contributed by atoms with Gasteiger partial charge in [-0.15, -0.1) is 0 Å². The summed E-state index contributed by atoms with van der Waals surface area (Å²) in [6.45, 7) is 6.06. The number of rotatable bonds is 7. The van der Waals surface area contributed by atoms with Gasteiger partial charge in [0.2, 0.25) is 0 Å². The molecule has 0 aliphatic rings. The molecule has 19 heavy (non-hydrogen) atoms. The van der Waals surface area contributed by atoms with Crippen LogP contribution in [0.1, 0.15) is 36.5 Å². The quantitative estimate of drug-likeness (QED) is 0.668. The van der Waals surface area contributed by atoms with Crippen LogP contribution in [0.25, 0.3) is 0 Å². The molecule has 2 unspecified atom stereocenters. The number of aromatic nitrogens is 2. The van der Waals surface area contributed by atoms with Crippen molar-refractivity contribution in [3.05, 3.63) is 27.4 Å². The number of hydrogen-bond acceptors (Lipinski definition) is 5. The molecule has 0 amide bonds. The average Bonchev–Trinajstić information content (AvgIpc) is 2.27. The van der Waals surface area contributed by atoms with Crippen LogP contribution in [0.2, 0.25) is 0 Å². The summed E-state index contributed by atoms with van der Waals surface area (Å²) in [6.07, 6.45) is 0.578. The van der Waals surface area contributed by atoms with Gasteiger partial charge in [0.25, 0.3) is 5.56 Å². The largest absolute Gasteiger partial charge is 0.396 e. The van der Waals surface area contributed by atoms with Crippen LogP contribution in [0, 0.1) is 13.8 Å². The Morgan fingerprint density at radius 2 is 2.16 bits per heavy atom. The maximum absolute atomic E-state index is 12.0. The van der Waals surface area contributed by atoms with E-state index in [2.05, 4.69) is 15.3 Å². The van der Waals surface area contributed by atoms with Gasteiger partial charge in [-0.1, -0.05) is 0 Å². The average molecular weight is 269 g/mol. The Labute approximate surface area is 113 Å². The van der Waals surface area contributed by atoms with Gasteiger partial charge >= 0.3 is 0 Å². The molecule has 6 heteroatoms. The first-order valence-electron chi connectivity index (χ1n) is 6.42. The molecule has 1 aromatic rings. The Bertz CT molecular complexity index is 453. The van der Waals surface area contributed by atoms with Gasteiger partial charge in [0.15, 0.2) is 0 Å². The first kappa shape index (κ1) is 15.8. The number of aliphatic hydroxyl groups is 1. The minimum atomic E-state index is -0.149. The highest BCUT2D eigenvalue weighted by Crippen LogP contribution is 2.12. The molecule has 0 fully saturated rings. The fourth-order valence-electron chi connectivity index (χ4n) is 2.25. The second-order valence-corrected chi connectivity index (χ2v) is 4.70. The molecule has 0 radical (unpaired) electrons. The van der Waals surface area contributed by atoms with Crippen molar-refractivity contribution in [2.24, 2.45) is 0 Å². The van der Waals surface area contributed by atoms with E-state index in [1.54, 1.807) is 14.0 Å². The number of hydrogen-bond donors (Lipinski definition) is 3. The summed E-state index contributed by atoms with van der Waals surface area (Å²) in [5, 5.41) is 12.3. The predicted molar refractivity (Wildman–Crippen MR) is 73.2 cm³/mol. The smallest absolute Gasteiger partial charge is 0.255 e. The van der Waals surface area contributed by atoms with E-state index in [4.69, 9.17) is 9.84 Å². The van der Waals surface area contributed by atoms with Crippen molar-refractivity contribution in [1.82, 2.24) is 15.3 Å². The highest BCUT2D eigenvalue weighted by molar-refractivity contribution is 5.20. The maximum Gasteiger partial charge on any atom is 0.255 e. The topological polar surface area (TPSA) is 87.2 Å². The van der Waals surface area contributed by atoms with Gasteiger partial charge in [-0.2, -0.15) is 0 Å². The summed E-state index contributed by atoms with van der Waals surface area (Å²) in [4.78, 5) is 19.0. The van der Waals surface area contributed by atoms with Crippen molar-refractivity contribution >= 4 is 0 Å². The fraction of sp³-hybridized carbons (Fsp3) is 0.692. The summed E-state index contributed by atoms with van der Waals surface area (Å²) in [7, 11) is 1.61. The van der Waals surface area contributed by atoms with E-state index in [0.29, 0.717) is 24.4 Å². The summed E-state index contributed by atoms with van der Waals surface area (Å²) in [6, 6.07) is -0.145. The SMILES string of the molecule is COCC(CCO)NC(C)c1c(C)nc(C)[nH]c1=O. The number of aryl methyl sites for hydroxylation is 2. The first-order valence-corrected chi connectivity index (χ1v) is 6.42. The van der Waals surface area contributed by atoms with E-state index < -0.39 is 0 Å². The number of H-pyrrole nitrogens is 1. The van der Waals surface area contributed by atoms with Crippen molar-refractivity contribution in [3.63, 3.8) is 0 Å². The fourth-order valence-corrected chi connectivity index (χ4v) is 2.25. The minimum absolute atomic E-state index is 0.00473. The molecule has 0 bridgehead atoms. The molecule has 0 saturated heterocycles. The summed E-state index contributed by atoms with van der Waals surface area (Å²) < 4.78 is 5.10. The van der Waals surface area contributed by atoms with Gasteiger partial charge in [-0.05, 0) is 27.2 Å². The molecule has 1 heterocycles. The summed E-state index contributed by atoms with van der Waals surface area (Å²) in [5.41, 5.74) is 1.23. The Morgan fingerprint density at radius 3 is 2.68 bits per heavy atom. The van der Waals surface area contributed by atoms with E-state index in [1.807, 2.05) is 13.8 Å². The molecule has 0 aliphatic carbocycles. The van der Waals surface area contributed by atoms with Gasteiger partial charge in [0, 0.05) is 31.5 Å². The Kier molecular flexibility index (Phi) is 6.14. The highest BCUT2D eigenvalue weighted by Gasteiger charge is 2.18. The van der Waals surface area contributed by atoms with Crippen molar-refractivity contribution in [2.75, 3.05) is 20.3 Å². The Morgan fingerprint density at radius 1 is 1.47 bits per heavy atom. The predicted octanol–water partition coefficient (Wildman–Crippen LogP) is 0.435. The third-order valence-corrected chi connectivity index (χ3v) is 3.03. The van der Waals surface area contributed by atoms with Crippen LogP contribution in [-0.4, -0.2) is 41.4 Å². The van der Waals surface area contributed by atoms with Crippen molar-refractivity contribution in [2.45, 2.75) is 39.3 Å². The van der Waals surface area contributed by atoms with Crippen LogP contribution in [0.15, 0.2) is 4.79 Å². The zero-order chi connectivity index (χ0) is 14.4. The third kappa shape index (κ3) is 4.41. The van der Waals surface area contributed by atoms with E-state index in [-0.39, 0.29) is 24.2 Å². The highest BCUT2D eigenvalue weighted by atomic mass is 16.5. The van der Waals surface area contributed by atoms with Gasteiger partial charge < -0.3 is 20.1 Å². The molecule has 0 aromatic carbocycles. The molecular weight excluding hydrogens is 246 g/mol. The molecule has 1 aromatic heterocycles.